The van der Waals surface area contributed by atoms with Crippen molar-refractivity contribution in [2.45, 2.75) is 13.5 Å². The van der Waals surface area contributed by atoms with Crippen molar-refractivity contribution in [3.63, 3.8) is 0 Å². The van der Waals surface area contributed by atoms with Gasteiger partial charge in [-0.2, -0.15) is 0 Å². The highest BCUT2D eigenvalue weighted by atomic mass is 31.2. The summed E-state index contributed by atoms with van der Waals surface area (Å²) in [7, 11) is -1.05. The molecule has 0 aromatic heterocycles. The summed E-state index contributed by atoms with van der Waals surface area (Å²) in [5.74, 6) is 0. The molecule has 1 N–H and O–H groups in total. The SMILES string of the molecule is CCN(C)Cc1ccc(P(C)(=O)O)cc1. The van der Waals surface area contributed by atoms with Crippen LogP contribution in [0, 0.1) is 0 Å². The van der Waals surface area contributed by atoms with E-state index in [9.17, 15) is 9.46 Å². The van der Waals surface area contributed by atoms with Gasteiger partial charge in [0.15, 0.2) is 0 Å². The number of hydrogen-bond donors (Lipinski definition) is 1. The van der Waals surface area contributed by atoms with Crippen LogP contribution in [0.3, 0.4) is 0 Å². The summed E-state index contributed by atoms with van der Waals surface area (Å²) in [5, 5.41) is 0.519. The zero-order chi connectivity index (χ0) is 11.5. The van der Waals surface area contributed by atoms with Crippen LogP contribution >= 0.6 is 7.37 Å². The zero-order valence-electron chi connectivity index (χ0n) is 9.47. The van der Waals surface area contributed by atoms with Gasteiger partial charge in [-0.25, -0.2) is 0 Å². The average molecular weight is 227 g/mol. The van der Waals surface area contributed by atoms with Crippen LogP contribution in [-0.4, -0.2) is 30.1 Å². The van der Waals surface area contributed by atoms with Crippen LogP contribution in [0.2, 0.25) is 0 Å². The first-order valence-corrected chi connectivity index (χ1v) is 7.12. The molecule has 0 radical (unpaired) electrons. The number of hydrogen-bond acceptors (Lipinski definition) is 2. The lowest BCUT2D eigenvalue weighted by Gasteiger charge is -2.14. The van der Waals surface area contributed by atoms with E-state index in [4.69, 9.17) is 0 Å². The van der Waals surface area contributed by atoms with Gasteiger partial charge in [0.2, 0.25) is 7.37 Å². The normalized spacial score (nSPS) is 15.3. The van der Waals surface area contributed by atoms with Gasteiger partial charge in [0.25, 0.3) is 0 Å². The molecule has 0 spiro atoms. The Bertz CT molecular complexity index is 355. The lowest BCUT2D eigenvalue weighted by molar-refractivity contribution is 0.346. The molecule has 1 rings (SSSR count). The fourth-order valence-electron chi connectivity index (χ4n) is 1.30. The maximum Gasteiger partial charge on any atom is 0.226 e. The molecule has 0 bridgehead atoms. The third-order valence-corrected chi connectivity index (χ3v) is 3.66. The topological polar surface area (TPSA) is 40.5 Å². The Kier molecular flexibility index (Phi) is 4.09. The summed E-state index contributed by atoms with van der Waals surface area (Å²) in [6, 6.07) is 7.29. The zero-order valence-corrected chi connectivity index (χ0v) is 10.4. The third-order valence-electron chi connectivity index (χ3n) is 2.41. The van der Waals surface area contributed by atoms with E-state index in [1.54, 1.807) is 12.1 Å². The van der Waals surface area contributed by atoms with E-state index in [0.29, 0.717) is 5.30 Å². The van der Waals surface area contributed by atoms with E-state index in [2.05, 4.69) is 11.8 Å². The largest absolute Gasteiger partial charge is 0.341 e. The molecule has 1 unspecified atom stereocenters. The van der Waals surface area contributed by atoms with Gasteiger partial charge in [0.05, 0.1) is 0 Å². The van der Waals surface area contributed by atoms with Gasteiger partial charge in [-0.1, -0.05) is 19.1 Å². The first kappa shape index (κ1) is 12.4. The van der Waals surface area contributed by atoms with Crippen molar-refractivity contribution in [1.29, 1.82) is 0 Å². The van der Waals surface area contributed by atoms with Crippen LogP contribution in [0.5, 0.6) is 0 Å². The van der Waals surface area contributed by atoms with Gasteiger partial charge < -0.3 is 9.79 Å². The Morgan fingerprint density at radius 3 is 2.27 bits per heavy atom. The Hall–Kier alpha value is -0.630. The summed E-state index contributed by atoms with van der Waals surface area (Å²) in [5.41, 5.74) is 1.16. The third kappa shape index (κ3) is 3.78. The first-order valence-electron chi connectivity index (χ1n) is 5.02. The van der Waals surface area contributed by atoms with E-state index in [0.717, 1.165) is 18.7 Å². The van der Waals surface area contributed by atoms with Crippen LogP contribution in [0.25, 0.3) is 0 Å². The van der Waals surface area contributed by atoms with Crippen molar-refractivity contribution in [1.82, 2.24) is 4.90 Å². The Morgan fingerprint density at radius 1 is 1.33 bits per heavy atom. The summed E-state index contributed by atoms with van der Waals surface area (Å²) >= 11 is 0. The lowest BCUT2D eigenvalue weighted by atomic mass is 10.2. The van der Waals surface area contributed by atoms with E-state index in [-0.39, 0.29) is 0 Å². The molecule has 1 aromatic rings. The molecule has 0 heterocycles. The molecule has 1 aromatic carbocycles. The number of nitrogens with zero attached hydrogens (tertiary/aromatic N) is 1. The summed E-state index contributed by atoms with van der Waals surface area (Å²) in [6.45, 7) is 5.33. The molecule has 0 fully saturated rings. The molecule has 4 heteroatoms. The van der Waals surface area contributed by atoms with Crippen molar-refractivity contribution in [3.8, 4) is 0 Å². The Morgan fingerprint density at radius 2 is 1.87 bits per heavy atom. The van der Waals surface area contributed by atoms with Gasteiger partial charge in [-0.15, -0.1) is 0 Å². The van der Waals surface area contributed by atoms with Gasteiger partial charge in [0.1, 0.15) is 0 Å². The Labute approximate surface area is 91.2 Å². The van der Waals surface area contributed by atoms with Gasteiger partial charge in [-0.3, -0.25) is 4.57 Å². The molecule has 0 saturated heterocycles. The molecule has 15 heavy (non-hydrogen) atoms. The molecule has 1 atom stereocenters. The fraction of sp³-hybridized carbons (Fsp3) is 0.455. The number of benzene rings is 1. The fourth-order valence-corrected chi connectivity index (χ4v) is 2.00. The average Bonchev–Trinajstić information content (AvgIpc) is 2.17. The summed E-state index contributed by atoms with van der Waals surface area (Å²) < 4.78 is 11.4. The van der Waals surface area contributed by atoms with Crippen molar-refractivity contribution in [3.05, 3.63) is 29.8 Å². The van der Waals surface area contributed by atoms with Crippen LogP contribution in [-0.2, 0) is 11.1 Å². The van der Waals surface area contributed by atoms with Gasteiger partial charge in [0, 0.05) is 18.5 Å². The summed E-state index contributed by atoms with van der Waals surface area (Å²) in [6.07, 6.45) is 0. The van der Waals surface area contributed by atoms with Crippen molar-refractivity contribution in [2.24, 2.45) is 0 Å². The van der Waals surface area contributed by atoms with E-state index in [1.807, 2.05) is 19.2 Å². The van der Waals surface area contributed by atoms with Crippen molar-refractivity contribution < 1.29 is 9.46 Å². The molecule has 0 aliphatic rings. The standard InChI is InChI=1S/C11H18NO2P/c1-4-12(2)9-10-5-7-11(8-6-10)15(3,13)14/h5-8H,4,9H2,1-3H3,(H,13,14). The minimum Gasteiger partial charge on any atom is -0.341 e. The highest BCUT2D eigenvalue weighted by Gasteiger charge is 2.12. The maximum atomic E-state index is 11.4. The second-order valence-corrected chi connectivity index (χ2v) is 6.15. The summed E-state index contributed by atoms with van der Waals surface area (Å²) in [4.78, 5) is 11.5. The molecule has 0 amide bonds. The molecule has 0 aliphatic heterocycles. The monoisotopic (exact) mass is 227 g/mol. The minimum atomic E-state index is -3.09. The quantitative estimate of drug-likeness (QED) is 0.795. The maximum absolute atomic E-state index is 11.4. The van der Waals surface area contributed by atoms with Crippen molar-refractivity contribution >= 4 is 12.7 Å². The van der Waals surface area contributed by atoms with E-state index < -0.39 is 7.37 Å². The molecule has 0 saturated carbocycles. The van der Waals surface area contributed by atoms with Crippen LogP contribution in [0.4, 0.5) is 0 Å². The predicted molar refractivity (Wildman–Crippen MR) is 63.8 cm³/mol. The first-order chi connectivity index (χ1) is 6.93. The molecular formula is C11H18NO2P. The lowest BCUT2D eigenvalue weighted by Crippen LogP contribution is -2.17. The highest BCUT2D eigenvalue weighted by Crippen LogP contribution is 2.33. The van der Waals surface area contributed by atoms with E-state index in [1.165, 1.54) is 6.66 Å². The molecule has 0 aliphatic carbocycles. The van der Waals surface area contributed by atoms with Crippen LogP contribution in [0.1, 0.15) is 12.5 Å². The van der Waals surface area contributed by atoms with Gasteiger partial charge >= 0.3 is 0 Å². The van der Waals surface area contributed by atoms with Gasteiger partial charge in [-0.05, 0) is 31.3 Å². The molecule has 84 valence electrons. The van der Waals surface area contributed by atoms with Crippen molar-refractivity contribution in [2.75, 3.05) is 20.3 Å². The smallest absolute Gasteiger partial charge is 0.226 e. The second-order valence-electron chi connectivity index (χ2n) is 3.88. The van der Waals surface area contributed by atoms with E-state index >= 15 is 0 Å². The Balaban J connectivity index is 2.77. The molecular weight excluding hydrogens is 209 g/mol. The number of rotatable bonds is 4. The van der Waals surface area contributed by atoms with Crippen LogP contribution < -0.4 is 5.30 Å². The van der Waals surface area contributed by atoms with Crippen LogP contribution in [0.15, 0.2) is 24.3 Å². The minimum absolute atomic E-state index is 0.519. The second kappa shape index (κ2) is 4.93. The predicted octanol–water partition coefficient (Wildman–Crippen LogP) is 1.66. The molecule has 3 nitrogen and oxygen atoms in total. The highest BCUT2D eigenvalue weighted by molar-refractivity contribution is 7.65.